The van der Waals surface area contributed by atoms with Crippen molar-refractivity contribution in [2.75, 3.05) is 26.2 Å². The second-order valence-corrected chi connectivity index (χ2v) is 15.0. The number of amides is 1. The summed E-state index contributed by atoms with van der Waals surface area (Å²) >= 11 is 0. The minimum atomic E-state index is -1.12. The Morgan fingerprint density at radius 3 is 2.55 bits per heavy atom. The molecular formula is C37H64N2O8. The van der Waals surface area contributed by atoms with E-state index in [1.165, 1.54) is 19.3 Å². The second kappa shape index (κ2) is 18.7. The van der Waals surface area contributed by atoms with Gasteiger partial charge in [0.1, 0.15) is 12.2 Å². The molecule has 11 unspecified atom stereocenters. The van der Waals surface area contributed by atoms with Crippen LogP contribution in [0.25, 0.3) is 0 Å². The lowest BCUT2D eigenvalue weighted by Crippen LogP contribution is -2.40. The summed E-state index contributed by atoms with van der Waals surface area (Å²) in [7, 11) is 0. The zero-order chi connectivity index (χ0) is 34.7. The average Bonchev–Trinajstić information content (AvgIpc) is 3.78. The summed E-state index contributed by atoms with van der Waals surface area (Å²) in [6, 6.07) is 0. The van der Waals surface area contributed by atoms with E-state index in [0.29, 0.717) is 38.6 Å². The topological polar surface area (TPSA) is 141 Å². The Labute approximate surface area is 283 Å². The molecule has 4 N–H and O–H groups in total. The standard InChI is InChI=1S/C37H64N2O8/c1-8-30(41)28(6)35-32(45-35)23-37(7,44)16-12-13-25(3)34-27(5)26(4)21-31(24(2)14-15-29(40)22-33(42)47-34)46-36(43)38-17-20-39-18-10-9-11-19-39/h12-13,16,24,26-32,34-35,40-41,44H,8-11,14-15,17-23H2,1-7H3,(H,38,43)/b16-12+,25-13+. The van der Waals surface area contributed by atoms with Gasteiger partial charge in [0.05, 0.1) is 36.4 Å². The Kier molecular flexibility index (Phi) is 15.7. The SMILES string of the molecule is CCC(O)C(C)C1OC1CC(C)(O)/C=C/C=C(\C)C1OC(=O)CC(O)CCC(C)C(OC(=O)NCCN2CCCCC2)CC(C)C1C. The number of epoxide rings is 1. The molecule has 0 bridgehead atoms. The lowest BCUT2D eigenvalue weighted by Gasteiger charge is -2.34. The molecule has 3 rings (SSSR count). The van der Waals surface area contributed by atoms with Crippen molar-refractivity contribution in [2.24, 2.45) is 23.7 Å². The van der Waals surface area contributed by atoms with Gasteiger partial charge in [-0.2, -0.15) is 0 Å². The Balaban J connectivity index is 1.65. The molecule has 47 heavy (non-hydrogen) atoms. The molecule has 1 amide bonds. The largest absolute Gasteiger partial charge is 0.457 e. The van der Waals surface area contributed by atoms with Crippen LogP contribution in [-0.4, -0.2) is 101 Å². The summed E-state index contributed by atoms with van der Waals surface area (Å²) in [6.45, 7) is 17.2. The van der Waals surface area contributed by atoms with Crippen LogP contribution in [0.2, 0.25) is 0 Å². The molecule has 3 heterocycles. The van der Waals surface area contributed by atoms with Crippen molar-refractivity contribution in [3.8, 4) is 0 Å². The number of aliphatic hydroxyl groups excluding tert-OH is 2. The van der Waals surface area contributed by atoms with Crippen LogP contribution in [0.3, 0.4) is 0 Å². The molecule has 3 aliphatic rings. The molecule has 0 saturated carbocycles. The number of alkyl carbamates (subject to hydrolysis) is 1. The molecular weight excluding hydrogens is 600 g/mol. The van der Waals surface area contributed by atoms with Crippen molar-refractivity contribution in [3.05, 3.63) is 23.8 Å². The lowest BCUT2D eigenvalue weighted by molar-refractivity contribution is -0.153. The van der Waals surface area contributed by atoms with E-state index in [4.69, 9.17) is 14.2 Å². The predicted octanol–water partition coefficient (Wildman–Crippen LogP) is 5.14. The summed E-state index contributed by atoms with van der Waals surface area (Å²) in [5, 5.41) is 34.8. The zero-order valence-corrected chi connectivity index (χ0v) is 30.0. The first-order valence-corrected chi connectivity index (χ1v) is 18.2. The second-order valence-electron chi connectivity index (χ2n) is 15.0. The number of rotatable bonds is 12. The summed E-state index contributed by atoms with van der Waals surface area (Å²) < 4.78 is 17.8. The molecule has 0 aliphatic carbocycles. The first-order chi connectivity index (χ1) is 22.2. The molecule has 0 aromatic heterocycles. The monoisotopic (exact) mass is 664 g/mol. The number of cyclic esters (lactones) is 1. The van der Waals surface area contributed by atoms with Crippen LogP contribution in [0, 0.1) is 23.7 Å². The van der Waals surface area contributed by atoms with E-state index in [2.05, 4.69) is 17.1 Å². The van der Waals surface area contributed by atoms with Gasteiger partial charge in [-0.1, -0.05) is 59.3 Å². The summed E-state index contributed by atoms with van der Waals surface area (Å²) in [6.07, 6.45) is 8.91. The van der Waals surface area contributed by atoms with Crippen molar-refractivity contribution < 1.29 is 39.1 Å². The molecule has 11 atom stereocenters. The van der Waals surface area contributed by atoms with Gasteiger partial charge < -0.3 is 39.7 Å². The molecule has 3 fully saturated rings. The van der Waals surface area contributed by atoms with E-state index >= 15 is 0 Å². The van der Waals surface area contributed by atoms with Crippen LogP contribution in [0.15, 0.2) is 23.8 Å². The molecule has 10 nitrogen and oxygen atoms in total. The average molecular weight is 665 g/mol. The number of allylic oxidation sites excluding steroid dienone is 2. The maximum atomic E-state index is 12.9. The van der Waals surface area contributed by atoms with E-state index in [9.17, 15) is 24.9 Å². The molecule has 3 saturated heterocycles. The number of likely N-dealkylation sites (tertiary alicyclic amines) is 1. The van der Waals surface area contributed by atoms with Crippen molar-refractivity contribution in [2.45, 2.75) is 148 Å². The lowest BCUT2D eigenvalue weighted by atomic mass is 9.80. The normalized spacial score (nSPS) is 34.3. The number of nitrogens with zero attached hydrogens (tertiary/aromatic N) is 1. The number of aliphatic hydroxyl groups is 3. The van der Waals surface area contributed by atoms with Gasteiger partial charge >= 0.3 is 12.1 Å². The maximum absolute atomic E-state index is 12.9. The van der Waals surface area contributed by atoms with Gasteiger partial charge in [-0.25, -0.2) is 4.79 Å². The Hall–Kier alpha value is -1.98. The number of carbonyl (C=O) groups excluding carboxylic acids is 2. The highest BCUT2D eigenvalue weighted by Crippen LogP contribution is 2.38. The molecule has 270 valence electrons. The van der Waals surface area contributed by atoms with Crippen LogP contribution in [0.4, 0.5) is 4.79 Å². The smallest absolute Gasteiger partial charge is 0.407 e. The van der Waals surface area contributed by atoms with Gasteiger partial charge in [0.15, 0.2) is 0 Å². The van der Waals surface area contributed by atoms with Gasteiger partial charge in [-0.05, 0) is 88.8 Å². The first kappa shape index (κ1) is 39.5. The van der Waals surface area contributed by atoms with Crippen molar-refractivity contribution in [1.82, 2.24) is 10.2 Å². The number of ether oxygens (including phenoxy) is 3. The van der Waals surface area contributed by atoms with Gasteiger partial charge in [0, 0.05) is 25.4 Å². The number of hydrogen-bond donors (Lipinski definition) is 4. The van der Waals surface area contributed by atoms with E-state index in [1.807, 2.05) is 40.7 Å². The summed E-state index contributed by atoms with van der Waals surface area (Å²) in [5.41, 5.74) is -0.300. The van der Waals surface area contributed by atoms with Gasteiger partial charge in [-0.15, -0.1) is 0 Å². The highest BCUT2D eigenvalue weighted by Gasteiger charge is 2.47. The van der Waals surface area contributed by atoms with Gasteiger partial charge in [0.2, 0.25) is 0 Å². The quantitative estimate of drug-likeness (QED) is 0.127. The molecule has 0 aromatic rings. The van der Waals surface area contributed by atoms with Crippen LogP contribution in [0.1, 0.15) is 106 Å². The molecule has 10 heteroatoms. The number of nitrogens with one attached hydrogen (secondary N) is 1. The number of esters is 1. The molecule has 0 aromatic carbocycles. The van der Waals surface area contributed by atoms with E-state index in [0.717, 1.165) is 25.2 Å². The van der Waals surface area contributed by atoms with Gasteiger partial charge in [0.25, 0.3) is 0 Å². The third-order valence-electron chi connectivity index (χ3n) is 10.7. The third kappa shape index (κ3) is 13.1. The number of carbonyl (C=O) groups is 2. The van der Waals surface area contributed by atoms with Crippen LogP contribution in [0.5, 0.6) is 0 Å². The Morgan fingerprint density at radius 2 is 1.87 bits per heavy atom. The van der Waals surface area contributed by atoms with Crippen molar-refractivity contribution in [3.63, 3.8) is 0 Å². The van der Waals surface area contributed by atoms with E-state index in [-0.39, 0.29) is 48.4 Å². The molecule has 3 aliphatic heterocycles. The van der Waals surface area contributed by atoms with Crippen molar-refractivity contribution >= 4 is 12.1 Å². The summed E-state index contributed by atoms with van der Waals surface area (Å²) in [4.78, 5) is 28.2. The van der Waals surface area contributed by atoms with Crippen molar-refractivity contribution in [1.29, 1.82) is 0 Å². The highest BCUT2D eigenvalue weighted by molar-refractivity contribution is 5.70. The predicted molar refractivity (Wildman–Crippen MR) is 183 cm³/mol. The number of piperidine rings is 1. The van der Waals surface area contributed by atoms with E-state index in [1.54, 1.807) is 19.1 Å². The highest BCUT2D eigenvalue weighted by atomic mass is 16.6. The zero-order valence-electron chi connectivity index (χ0n) is 30.0. The van der Waals surface area contributed by atoms with Crippen LogP contribution in [-0.2, 0) is 19.0 Å². The molecule has 0 radical (unpaired) electrons. The van der Waals surface area contributed by atoms with Crippen LogP contribution < -0.4 is 5.32 Å². The fourth-order valence-electron chi connectivity index (χ4n) is 7.05. The molecule has 0 spiro atoms. The Bertz CT molecular complexity index is 1040. The van der Waals surface area contributed by atoms with Crippen LogP contribution >= 0.6 is 0 Å². The van der Waals surface area contributed by atoms with E-state index < -0.39 is 36.0 Å². The first-order valence-electron chi connectivity index (χ1n) is 18.2. The van der Waals surface area contributed by atoms with Gasteiger partial charge in [-0.3, -0.25) is 4.79 Å². The number of hydrogen-bond acceptors (Lipinski definition) is 9. The fourth-order valence-corrected chi connectivity index (χ4v) is 7.05. The minimum Gasteiger partial charge on any atom is -0.457 e. The minimum absolute atomic E-state index is 0.00566. The maximum Gasteiger partial charge on any atom is 0.407 e. The fraction of sp³-hybridized carbons (Fsp3) is 0.838. The summed E-state index contributed by atoms with van der Waals surface area (Å²) in [5.74, 6) is -0.485. The Morgan fingerprint density at radius 1 is 1.17 bits per heavy atom. The third-order valence-corrected chi connectivity index (χ3v) is 10.7.